The van der Waals surface area contributed by atoms with E-state index in [9.17, 15) is 4.79 Å². The zero-order chi connectivity index (χ0) is 15.3. The molecule has 0 fully saturated rings. The number of carbonyl (C=O) groups excluding carboxylic acids is 1. The number of ether oxygens (including phenoxy) is 1. The number of aryl methyl sites for hydroxylation is 2. The molecule has 0 aliphatic rings. The second-order valence-corrected chi connectivity index (χ2v) is 5.51. The molecule has 6 heteroatoms. The molecule has 1 aromatic rings. The van der Waals surface area contributed by atoms with Gasteiger partial charge < -0.3 is 14.6 Å². The van der Waals surface area contributed by atoms with E-state index in [0.717, 1.165) is 0 Å². The van der Waals surface area contributed by atoms with Gasteiger partial charge in [-0.05, 0) is 26.7 Å². The highest BCUT2D eigenvalue weighted by atomic mass is 16.5. The number of nitrogens with one attached hydrogen (secondary N) is 1. The fourth-order valence-corrected chi connectivity index (χ4v) is 1.89. The van der Waals surface area contributed by atoms with Crippen LogP contribution in [0.3, 0.4) is 0 Å². The highest BCUT2D eigenvalue weighted by molar-refractivity contribution is 5.92. The van der Waals surface area contributed by atoms with Gasteiger partial charge in [0.15, 0.2) is 5.76 Å². The van der Waals surface area contributed by atoms with Crippen molar-refractivity contribution in [3.63, 3.8) is 0 Å². The van der Waals surface area contributed by atoms with Crippen molar-refractivity contribution in [2.45, 2.75) is 40.7 Å². The number of nitrogens with zero attached hydrogens (tertiary/aromatic N) is 2. The minimum atomic E-state index is -0.194. The van der Waals surface area contributed by atoms with E-state index in [1.165, 1.54) is 4.90 Å². The molecule has 0 bridgehead atoms. The Bertz CT molecular complexity index is 423. The first-order valence-electron chi connectivity index (χ1n) is 6.87. The van der Waals surface area contributed by atoms with Gasteiger partial charge in [0, 0.05) is 13.7 Å². The van der Waals surface area contributed by atoms with Gasteiger partial charge >= 0.3 is 6.03 Å². The molecule has 0 saturated carbocycles. The minimum Gasteiger partial charge on any atom is -0.379 e. The largest absolute Gasteiger partial charge is 0.379 e. The molecule has 0 aliphatic carbocycles. The van der Waals surface area contributed by atoms with Gasteiger partial charge in [0.2, 0.25) is 0 Å². The summed E-state index contributed by atoms with van der Waals surface area (Å²) in [4.78, 5) is 13.7. The van der Waals surface area contributed by atoms with Crippen LogP contribution in [0.5, 0.6) is 0 Å². The summed E-state index contributed by atoms with van der Waals surface area (Å²) >= 11 is 0. The molecule has 1 N–H and O–H groups in total. The van der Waals surface area contributed by atoms with Gasteiger partial charge in [0.05, 0.1) is 12.6 Å². The minimum absolute atomic E-state index is 0.0517. The summed E-state index contributed by atoms with van der Waals surface area (Å²) in [5.74, 6) is 1.12. The maximum atomic E-state index is 12.1. The number of hydrogen-bond donors (Lipinski definition) is 1. The van der Waals surface area contributed by atoms with Crippen LogP contribution in [0, 0.1) is 19.8 Å². The summed E-state index contributed by atoms with van der Waals surface area (Å²) in [5, 5.41) is 6.74. The third kappa shape index (κ3) is 4.52. The Morgan fingerprint density at radius 2 is 2.00 bits per heavy atom. The van der Waals surface area contributed by atoms with Crippen LogP contribution >= 0.6 is 0 Å². The standard InChI is InChI=1S/C14H25N3O3/c1-9(2)7-19-8-10(3)15-14(18)17(6)13-11(4)16-20-12(13)5/h9-10H,7-8H2,1-6H3,(H,15,18). The van der Waals surface area contributed by atoms with Gasteiger partial charge in [-0.1, -0.05) is 19.0 Å². The van der Waals surface area contributed by atoms with Crippen LogP contribution in [0.25, 0.3) is 0 Å². The van der Waals surface area contributed by atoms with E-state index in [0.29, 0.717) is 36.3 Å². The summed E-state index contributed by atoms with van der Waals surface area (Å²) in [6, 6.07) is -0.246. The second kappa shape index (κ2) is 7.28. The normalized spacial score (nSPS) is 12.6. The van der Waals surface area contributed by atoms with Gasteiger partial charge in [-0.15, -0.1) is 0 Å². The second-order valence-electron chi connectivity index (χ2n) is 5.51. The predicted molar refractivity (Wildman–Crippen MR) is 78.0 cm³/mol. The van der Waals surface area contributed by atoms with Crippen molar-refractivity contribution in [3.8, 4) is 0 Å². The van der Waals surface area contributed by atoms with Crippen molar-refractivity contribution in [1.82, 2.24) is 10.5 Å². The maximum absolute atomic E-state index is 12.1. The summed E-state index contributed by atoms with van der Waals surface area (Å²) < 4.78 is 10.6. The third-order valence-corrected chi connectivity index (χ3v) is 2.82. The lowest BCUT2D eigenvalue weighted by atomic mass is 10.2. The van der Waals surface area contributed by atoms with Gasteiger partial charge in [-0.25, -0.2) is 4.79 Å². The van der Waals surface area contributed by atoms with Crippen LogP contribution in [0.1, 0.15) is 32.2 Å². The summed E-state index contributed by atoms with van der Waals surface area (Å²) in [6.07, 6.45) is 0. The summed E-state index contributed by atoms with van der Waals surface area (Å²) in [5.41, 5.74) is 1.40. The van der Waals surface area contributed by atoms with Gasteiger partial charge in [-0.3, -0.25) is 4.90 Å². The highest BCUT2D eigenvalue weighted by Gasteiger charge is 2.20. The van der Waals surface area contributed by atoms with Crippen molar-refractivity contribution in [2.24, 2.45) is 5.92 Å². The number of amides is 2. The predicted octanol–water partition coefficient (Wildman–Crippen LogP) is 2.50. The molecule has 6 nitrogen and oxygen atoms in total. The van der Waals surface area contributed by atoms with Crippen molar-refractivity contribution in [1.29, 1.82) is 0 Å². The van der Waals surface area contributed by atoms with Crippen LogP contribution in [0.15, 0.2) is 4.52 Å². The molecule has 1 aromatic heterocycles. The van der Waals surface area contributed by atoms with E-state index < -0.39 is 0 Å². The van der Waals surface area contributed by atoms with Crippen molar-refractivity contribution >= 4 is 11.7 Å². The average molecular weight is 283 g/mol. The number of aromatic nitrogens is 1. The summed E-state index contributed by atoms with van der Waals surface area (Å²) in [7, 11) is 1.70. The molecule has 2 amide bonds. The molecule has 0 radical (unpaired) electrons. The van der Waals surface area contributed by atoms with Gasteiger partial charge in [0.1, 0.15) is 11.4 Å². The SMILES string of the molecule is Cc1noc(C)c1N(C)C(=O)NC(C)COCC(C)C. The van der Waals surface area contributed by atoms with Crippen LogP contribution in [-0.2, 0) is 4.74 Å². The van der Waals surface area contributed by atoms with Gasteiger partial charge in [-0.2, -0.15) is 0 Å². The monoisotopic (exact) mass is 283 g/mol. The topological polar surface area (TPSA) is 67.6 Å². The Labute approximate surface area is 120 Å². The lowest BCUT2D eigenvalue weighted by molar-refractivity contribution is 0.0957. The van der Waals surface area contributed by atoms with Crippen molar-refractivity contribution in [2.75, 3.05) is 25.2 Å². The Kier molecular flexibility index (Phi) is 6.01. The van der Waals surface area contributed by atoms with Crippen LogP contribution in [0.2, 0.25) is 0 Å². The van der Waals surface area contributed by atoms with Gasteiger partial charge in [0.25, 0.3) is 0 Å². The molecule has 0 aromatic carbocycles. The number of carbonyl (C=O) groups is 1. The lowest BCUT2D eigenvalue weighted by Crippen LogP contribution is -2.44. The van der Waals surface area contributed by atoms with Crippen molar-refractivity contribution < 1.29 is 14.1 Å². The smallest absolute Gasteiger partial charge is 0.322 e. The Morgan fingerprint density at radius 3 is 2.50 bits per heavy atom. The number of anilines is 1. The maximum Gasteiger partial charge on any atom is 0.322 e. The molecule has 1 unspecified atom stereocenters. The molecular formula is C14H25N3O3. The molecular weight excluding hydrogens is 258 g/mol. The lowest BCUT2D eigenvalue weighted by Gasteiger charge is -2.21. The van der Waals surface area contributed by atoms with E-state index in [1.54, 1.807) is 14.0 Å². The van der Waals surface area contributed by atoms with Crippen LogP contribution < -0.4 is 10.2 Å². The molecule has 0 spiro atoms. The van der Waals surface area contributed by atoms with E-state index in [1.807, 2.05) is 13.8 Å². The van der Waals surface area contributed by atoms with Crippen molar-refractivity contribution in [3.05, 3.63) is 11.5 Å². The Morgan fingerprint density at radius 1 is 1.35 bits per heavy atom. The fraction of sp³-hybridized carbons (Fsp3) is 0.714. The zero-order valence-electron chi connectivity index (χ0n) is 13.2. The molecule has 1 heterocycles. The highest BCUT2D eigenvalue weighted by Crippen LogP contribution is 2.22. The first-order valence-corrected chi connectivity index (χ1v) is 6.87. The molecule has 20 heavy (non-hydrogen) atoms. The molecule has 1 rings (SSSR count). The number of rotatable bonds is 6. The molecule has 114 valence electrons. The number of urea groups is 1. The Hall–Kier alpha value is -1.56. The number of hydrogen-bond acceptors (Lipinski definition) is 4. The fourth-order valence-electron chi connectivity index (χ4n) is 1.89. The first kappa shape index (κ1) is 16.5. The first-order chi connectivity index (χ1) is 9.32. The van der Waals surface area contributed by atoms with Crippen LogP contribution in [0.4, 0.5) is 10.5 Å². The molecule has 1 atom stereocenters. The third-order valence-electron chi connectivity index (χ3n) is 2.82. The van der Waals surface area contributed by atoms with E-state index in [-0.39, 0.29) is 12.1 Å². The summed E-state index contributed by atoms with van der Waals surface area (Å²) in [6.45, 7) is 10.9. The average Bonchev–Trinajstić information content (AvgIpc) is 2.67. The molecule has 0 aliphatic heterocycles. The van der Waals surface area contributed by atoms with E-state index in [4.69, 9.17) is 9.26 Å². The van der Waals surface area contributed by atoms with E-state index in [2.05, 4.69) is 24.3 Å². The Balaban J connectivity index is 2.50. The quantitative estimate of drug-likeness (QED) is 0.871. The van der Waals surface area contributed by atoms with Crippen LogP contribution in [-0.4, -0.2) is 37.5 Å². The van der Waals surface area contributed by atoms with E-state index >= 15 is 0 Å². The molecule has 0 saturated heterocycles. The zero-order valence-corrected chi connectivity index (χ0v) is 13.2.